The highest BCUT2D eigenvalue weighted by Gasteiger charge is 2.19. The van der Waals surface area contributed by atoms with Gasteiger partial charge in [0.2, 0.25) is 11.7 Å². The third kappa shape index (κ3) is 4.23. The summed E-state index contributed by atoms with van der Waals surface area (Å²) in [4.78, 5) is 32.5. The fraction of sp³-hybridized carbons (Fsp3) is 0.333. The first-order valence-corrected chi connectivity index (χ1v) is 9.61. The maximum atomic E-state index is 13.0. The number of hydrogen-bond acceptors (Lipinski definition) is 7. The number of aryl methyl sites for hydroxylation is 2. The summed E-state index contributed by atoms with van der Waals surface area (Å²) in [6, 6.07) is 4.77. The molecule has 0 aliphatic heterocycles. The van der Waals surface area contributed by atoms with Gasteiger partial charge in [0.25, 0.3) is 11.5 Å². The van der Waals surface area contributed by atoms with Gasteiger partial charge in [0, 0.05) is 22.9 Å². The van der Waals surface area contributed by atoms with Crippen LogP contribution < -0.4 is 25.1 Å². The minimum atomic E-state index is -0.426. The first kappa shape index (κ1) is 21.9. The van der Waals surface area contributed by atoms with Gasteiger partial charge in [0.1, 0.15) is 5.82 Å². The summed E-state index contributed by atoms with van der Waals surface area (Å²) in [5, 5.41) is 7.16. The summed E-state index contributed by atoms with van der Waals surface area (Å²) in [5.41, 5.74) is 1.91. The van der Waals surface area contributed by atoms with Gasteiger partial charge in [-0.3, -0.25) is 14.6 Å². The quantitative estimate of drug-likeness (QED) is 0.594. The van der Waals surface area contributed by atoms with Crippen LogP contribution in [0.1, 0.15) is 34.2 Å². The van der Waals surface area contributed by atoms with Gasteiger partial charge < -0.3 is 19.5 Å². The maximum absolute atomic E-state index is 13.0. The van der Waals surface area contributed by atoms with Gasteiger partial charge in [0.05, 0.1) is 27.0 Å². The van der Waals surface area contributed by atoms with Crippen LogP contribution >= 0.6 is 0 Å². The largest absolute Gasteiger partial charge is 0.493 e. The van der Waals surface area contributed by atoms with Crippen molar-refractivity contribution in [2.45, 2.75) is 27.2 Å². The van der Waals surface area contributed by atoms with Crippen molar-refractivity contribution in [2.75, 3.05) is 26.6 Å². The van der Waals surface area contributed by atoms with Crippen molar-refractivity contribution in [3.63, 3.8) is 0 Å². The molecule has 0 unspecified atom stereocenters. The van der Waals surface area contributed by atoms with Gasteiger partial charge >= 0.3 is 0 Å². The molecule has 0 saturated heterocycles. The van der Waals surface area contributed by atoms with Crippen LogP contribution in [0.2, 0.25) is 0 Å². The molecule has 31 heavy (non-hydrogen) atoms. The number of aromatic amines is 1. The number of anilines is 1. The van der Waals surface area contributed by atoms with Crippen molar-refractivity contribution in [3.8, 4) is 23.2 Å². The van der Waals surface area contributed by atoms with E-state index in [4.69, 9.17) is 14.2 Å². The molecule has 0 fully saturated rings. The molecule has 164 valence electrons. The normalized spacial score (nSPS) is 10.6. The summed E-state index contributed by atoms with van der Waals surface area (Å²) in [5.74, 6) is 1.23. The lowest BCUT2D eigenvalue weighted by atomic mass is 10.1. The number of nitrogens with zero attached hydrogens (tertiary/aromatic N) is 3. The Balaban J connectivity index is 2.00. The summed E-state index contributed by atoms with van der Waals surface area (Å²) >= 11 is 0. The SMILES string of the molecule is CCc1c(C)nc(-n2nc(C)cc2NC(=O)c2cc(OC)c(OC)c(OC)c2)[nH]c1=O. The number of amides is 1. The fourth-order valence-electron chi connectivity index (χ4n) is 3.26. The molecule has 0 aliphatic carbocycles. The van der Waals surface area contributed by atoms with E-state index in [0.29, 0.717) is 52.0 Å². The highest BCUT2D eigenvalue weighted by Crippen LogP contribution is 2.38. The van der Waals surface area contributed by atoms with Crippen molar-refractivity contribution in [2.24, 2.45) is 0 Å². The number of methoxy groups -OCH3 is 3. The van der Waals surface area contributed by atoms with E-state index in [9.17, 15) is 9.59 Å². The molecule has 0 saturated carbocycles. The first-order valence-electron chi connectivity index (χ1n) is 9.61. The number of carbonyl (C=O) groups excluding carboxylic acids is 1. The van der Waals surface area contributed by atoms with Crippen LogP contribution in [0, 0.1) is 13.8 Å². The molecular weight excluding hydrogens is 402 g/mol. The van der Waals surface area contributed by atoms with Crippen LogP contribution in [-0.4, -0.2) is 47.0 Å². The standard InChI is InChI=1S/C21H25N5O5/c1-7-14-12(3)22-21(24-20(14)28)26-17(8-11(2)25-26)23-19(27)13-9-15(29-4)18(31-6)16(10-13)30-5/h8-10H,7H2,1-6H3,(H,23,27)(H,22,24,28). The predicted octanol–water partition coefficient (Wildman–Crippen LogP) is 2.41. The Bertz CT molecular complexity index is 1160. The van der Waals surface area contributed by atoms with Crippen molar-refractivity contribution < 1.29 is 19.0 Å². The van der Waals surface area contributed by atoms with Gasteiger partial charge in [0.15, 0.2) is 11.5 Å². The number of aromatic nitrogens is 4. The zero-order valence-corrected chi connectivity index (χ0v) is 18.3. The van der Waals surface area contributed by atoms with Gasteiger partial charge in [-0.1, -0.05) is 6.92 Å². The summed E-state index contributed by atoms with van der Waals surface area (Å²) < 4.78 is 17.3. The van der Waals surface area contributed by atoms with Crippen LogP contribution in [0.3, 0.4) is 0 Å². The third-order valence-corrected chi connectivity index (χ3v) is 4.76. The zero-order valence-electron chi connectivity index (χ0n) is 18.3. The average Bonchev–Trinajstić information content (AvgIpc) is 3.12. The number of nitrogens with one attached hydrogen (secondary N) is 2. The van der Waals surface area contributed by atoms with E-state index in [1.165, 1.54) is 26.0 Å². The topological polar surface area (TPSA) is 120 Å². The molecule has 3 aromatic rings. The molecule has 0 atom stereocenters. The van der Waals surface area contributed by atoms with Gasteiger partial charge in [-0.15, -0.1) is 0 Å². The zero-order chi connectivity index (χ0) is 22.7. The van der Waals surface area contributed by atoms with Crippen LogP contribution in [0.5, 0.6) is 17.2 Å². The molecule has 1 aromatic carbocycles. The predicted molar refractivity (Wildman–Crippen MR) is 115 cm³/mol. The molecule has 0 radical (unpaired) electrons. The Morgan fingerprint density at radius 3 is 2.26 bits per heavy atom. The van der Waals surface area contributed by atoms with Crippen LogP contribution in [0.4, 0.5) is 5.82 Å². The van der Waals surface area contributed by atoms with Crippen molar-refractivity contribution in [3.05, 3.63) is 51.1 Å². The lowest BCUT2D eigenvalue weighted by molar-refractivity contribution is 0.102. The Morgan fingerprint density at radius 1 is 1.10 bits per heavy atom. The van der Waals surface area contributed by atoms with Crippen LogP contribution in [0.15, 0.2) is 23.0 Å². The molecule has 2 heterocycles. The Labute approximate surface area is 179 Å². The van der Waals surface area contributed by atoms with Crippen molar-refractivity contribution in [1.29, 1.82) is 0 Å². The van der Waals surface area contributed by atoms with E-state index >= 15 is 0 Å². The second-order valence-corrected chi connectivity index (χ2v) is 6.76. The molecule has 2 aromatic heterocycles. The lowest BCUT2D eigenvalue weighted by Gasteiger charge is -2.14. The van der Waals surface area contributed by atoms with Gasteiger partial charge in [-0.2, -0.15) is 9.78 Å². The number of H-pyrrole nitrogens is 1. The summed E-state index contributed by atoms with van der Waals surface area (Å²) in [6.45, 7) is 5.43. The van der Waals surface area contributed by atoms with E-state index in [1.807, 2.05) is 6.92 Å². The molecule has 2 N–H and O–H groups in total. The van der Waals surface area contributed by atoms with E-state index in [1.54, 1.807) is 32.0 Å². The lowest BCUT2D eigenvalue weighted by Crippen LogP contribution is -2.22. The first-order chi connectivity index (χ1) is 14.8. The number of ether oxygens (including phenoxy) is 3. The summed E-state index contributed by atoms with van der Waals surface area (Å²) in [7, 11) is 4.43. The van der Waals surface area contributed by atoms with Crippen molar-refractivity contribution in [1.82, 2.24) is 19.7 Å². The van der Waals surface area contributed by atoms with E-state index in [2.05, 4.69) is 20.4 Å². The molecule has 10 heteroatoms. The number of carbonyl (C=O) groups is 1. The highest BCUT2D eigenvalue weighted by atomic mass is 16.5. The molecular formula is C21H25N5O5. The Morgan fingerprint density at radius 2 is 1.74 bits per heavy atom. The second kappa shape index (κ2) is 8.90. The maximum Gasteiger partial charge on any atom is 0.257 e. The van der Waals surface area contributed by atoms with E-state index in [0.717, 1.165) is 0 Å². The molecule has 10 nitrogen and oxygen atoms in total. The smallest absolute Gasteiger partial charge is 0.257 e. The number of rotatable bonds is 7. The number of hydrogen-bond donors (Lipinski definition) is 2. The molecule has 0 aliphatic rings. The third-order valence-electron chi connectivity index (χ3n) is 4.76. The van der Waals surface area contributed by atoms with Crippen LogP contribution in [0.25, 0.3) is 5.95 Å². The summed E-state index contributed by atoms with van der Waals surface area (Å²) in [6.07, 6.45) is 0.567. The minimum absolute atomic E-state index is 0.216. The Hall–Kier alpha value is -3.82. The number of benzene rings is 1. The molecule has 1 amide bonds. The average molecular weight is 427 g/mol. The van der Waals surface area contributed by atoms with Gasteiger partial charge in [-0.05, 0) is 32.4 Å². The second-order valence-electron chi connectivity index (χ2n) is 6.76. The molecule has 3 rings (SSSR count). The van der Waals surface area contributed by atoms with Crippen LogP contribution in [-0.2, 0) is 6.42 Å². The van der Waals surface area contributed by atoms with Crippen molar-refractivity contribution >= 4 is 11.7 Å². The molecule has 0 bridgehead atoms. The minimum Gasteiger partial charge on any atom is -0.493 e. The van der Waals surface area contributed by atoms with E-state index in [-0.39, 0.29) is 11.5 Å². The monoisotopic (exact) mass is 427 g/mol. The Kier molecular flexibility index (Phi) is 6.28. The highest BCUT2D eigenvalue weighted by molar-refractivity contribution is 6.04. The molecule has 0 spiro atoms. The van der Waals surface area contributed by atoms with Gasteiger partial charge in [-0.25, -0.2) is 4.98 Å². The van der Waals surface area contributed by atoms with E-state index < -0.39 is 5.91 Å². The fourth-order valence-corrected chi connectivity index (χ4v) is 3.26.